The Balaban J connectivity index is 1.28. The van der Waals surface area contributed by atoms with E-state index in [0.717, 1.165) is 44.7 Å². The van der Waals surface area contributed by atoms with Crippen LogP contribution >= 0.6 is 0 Å². The van der Waals surface area contributed by atoms with Crippen LogP contribution in [0.15, 0.2) is 36.5 Å². The summed E-state index contributed by atoms with van der Waals surface area (Å²) in [5.74, 6) is -0.198. The van der Waals surface area contributed by atoms with E-state index in [-0.39, 0.29) is 12.5 Å². The number of benzene rings is 1. The lowest BCUT2D eigenvalue weighted by Crippen LogP contribution is -2.42. The lowest BCUT2D eigenvalue weighted by molar-refractivity contribution is 0.0841. The molecule has 0 bridgehead atoms. The Morgan fingerprint density at radius 3 is 3.00 bits per heavy atom. The van der Waals surface area contributed by atoms with E-state index in [1.807, 2.05) is 13.0 Å². The third kappa shape index (κ3) is 5.16. The lowest BCUT2D eigenvalue weighted by Gasteiger charge is -2.30. The molecule has 0 radical (unpaired) electrons. The number of fused-ring (bicyclic) bond motifs is 1. The Bertz CT molecular complexity index is 882. The van der Waals surface area contributed by atoms with E-state index in [2.05, 4.69) is 50.1 Å². The van der Waals surface area contributed by atoms with Crippen LogP contribution < -0.4 is 16.0 Å². The zero-order valence-electron chi connectivity index (χ0n) is 17.5. The Kier molecular flexibility index (Phi) is 6.62. The smallest absolute Gasteiger partial charge is 0.253 e. The van der Waals surface area contributed by atoms with E-state index < -0.39 is 6.10 Å². The molecular weight excluding hydrogens is 378 g/mol. The molecule has 4 rings (SSSR count). The second-order valence-electron chi connectivity index (χ2n) is 8.31. The van der Waals surface area contributed by atoms with Gasteiger partial charge in [-0.1, -0.05) is 24.3 Å². The highest BCUT2D eigenvalue weighted by molar-refractivity contribution is 5.96. The first-order valence-corrected chi connectivity index (χ1v) is 10.8. The van der Waals surface area contributed by atoms with Gasteiger partial charge in [0.2, 0.25) is 0 Å². The van der Waals surface area contributed by atoms with E-state index in [0.29, 0.717) is 23.8 Å². The number of hydrogen-bond acceptors (Lipinski definition) is 6. The quantitative estimate of drug-likeness (QED) is 0.552. The van der Waals surface area contributed by atoms with Crippen LogP contribution in [0.25, 0.3) is 0 Å². The van der Waals surface area contributed by atoms with Gasteiger partial charge < -0.3 is 21.1 Å². The second-order valence-corrected chi connectivity index (χ2v) is 8.31. The summed E-state index contributed by atoms with van der Waals surface area (Å²) in [6, 6.07) is 10.7. The highest BCUT2D eigenvalue weighted by Gasteiger charge is 2.20. The molecule has 1 aromatic heterocycles. The Labute approximate surface area is 177 Å². The molecule has 1 unspecified atom stereocenters. The van der Waals surface area contributed by atoms with Crippen LogP contribution in [-0.2, 0) is 13.0 Å². The van der Waals surface area contributed by atoms with Gasteiger partial charge in [-0.2, -0.15) is 0 Å². The molecule has 160 valence electrons. The number of aryl methyl sites for hydroxylation is 1. The van der Waals surface area contributed by atoms with Crippen molar-refractivity contribution in [3.05, 3.63) is 58.9 Å². The number of anilines is 1. The number of rotatable bonds is 7. The second kappa shape index (κ2) is 9.55. The SMILES string of the molecule is Cc1ncc(NC2CCNC2)cc1C(=O)NC[C@H](O)CN1CCc2ccccc2C1. The van der Waals surface area contributed by atoms with E-state index in [4.69, 9.17) is 0 Å². The molecule has 2 aliphatic rings. The molecule has 1 amide bonds. The van der Waals surface area contributed by atoms with Gasteiger partial charge >= 0.3 is 0 Å². The van der Waals surface area contributed by atoms with Gasteiger partial charge in [0.15, 0.2) is 0 Å². The molecule has 2 aliphatic heterocycles. The Morgan fingerprint density at radius 2 is 2.20 bits per heavy atom. The summed E-state index contributed by atoms with van der Waals surface area (Å²) in [7, 11) is 0. The number of pyridine rings is 1. The fraction of sp³-hybridized carbons (Fsp3) is 0.478. The van der Waals surface area contributed by atoms with Crippen molar-refractivity contribution in [3.63, 3.8) is 0 Å². The third-order valence-corrected chi connectivity index (χ3v) is 5.94. The number of nitrogens with zero attached hydrogens (tertiary/aromatic N) is 2. The summed E-state index contributed by atoms with van der Waals surface area (Å²) >= 11 is 0. The monoisotopic (exact) mass is 409 g/mol. The molecule has 7 nitrogen and oxygen atoms in total. The fourth-order valence-corrected chi connectivity index (χ4v) is 4.23. The number of aliphatic hydroxyl groups excluding tert-OH is 1. The molecule has 3 heterocycles. The van der Waals surface area contributed by atoms with Crippen molar-refractivity contribution in [2.45, 2.75) is 38.5 Å². The summed E-state index contributed by atoms with van der Waals surface area (Å²) in [6.07, 6.45) is 3.21. The summed E-state index contributed by atoms with van der Waals surface area (Å²) in [5.41, 5.74) is 4.80. The molecule has 0 aliphatic carbocycles. The van der Waals surface area contributed by atoms with Crippen molar-refractivity contribution in [1.82, 2.24) is 20.5 Å². The van der Waals surface area contributed by atoms with Gasteiger partial charge in [0, 0.05) is 38.8 Å². The Morgan fingerprint density at radius 1 is 1.37 bits per heavy atom. The van der Waals surface area contributed by atoms with Gasteiger partial charge in [-0.05, 0) is 43.5 Å². The molecule has 0 spiro atoms. The number of hydrogen-bond donors (Lipinski definition) is 4. The third-order valence-electron chi connectivity index (χ3n) is 5.94. The number of aromatic nitrogens is 1. The van der Waals surface area contributed by atoms with Crippen molar-refractivity contribution in [1.29, 1.82) is 0 Å². The standard InChI is InChI=1S/C23H31N5O2/c1-16-22(10-20(12-25-16)27-19-6-8-24-11-19)23(30)26-13-21(29)15-28-9-7-17-4-2-3-5-18(17)14-28/h2-5,10,12,19,21,24,27,29H,6-9,11,13-15H2,1H3,(H,26,30)/t19?,21-/m0/s1. The number of carbonyl (C=O) groups is 1. The molecular formula is C23H31N5O2. The zero-order chi connectivity index (χ0) is 20.9. The largest absolute Gasteiger partial charge is 0.390 e. The summed E-state index contributed by atoms with van der Waals surface area (Å²) < 4.78 is 0. The number of nitrogens with one attached hydrogen (secondary N) is 3. The van der Waals surface area contributed by atoms with Crippen LogP contribution in [-0.4, -0.2) is 65.8 Å². The maximum Gasteiger partial charge on any atom is 0.253 e. The topological polar surface area (TPSA) is 89.5 Å². The van der Waals surface area contributed by atoms with Gasteiger partial charge in [-0.15, -0.1) is 0 Å². The highest BCUT2D eigenvalue weighted by atomic mass is 16.3. The van der Waals surface area contributed by atoms with Gasteiger partial charge in [-0.25, -0.2) is 0 Å². The normalized spacial score (nSPS) is 19.9. The van der Waals surface area contributed by atoms with E-state index in [9.17, 15) is 9.90 Å². The minimum atomic E-state index is -0.613. The maximum absolute atomic E-state index is 12.7. The highest BCUT2D eigenvalue weighted by Crippen LogP contribution is 2.19. The summed E-state index contributed by atoms with van der Waals surface area (Å²) in [5, 5.41) is 20.1. The van der Waals surface area contributed by atoms with Crippen molar-refractivity contribution in [2.24, 2.45) is 0 Å². The van der Waals surface area contributed by atoms with Crippen LogP contribution in [0.2, 0.25) is 0 Å². The molecule has 4 N–H and O–H groups in total. The van der Waals surface area contributed by atoms with Gasteiger partial charge in [0.25, 0.3) is 5.91 Å². The molecule has 1 aromatic carbocycles. The van der Waals surface area contributed by atoms with Crippen LogP contribution in [0.1, 0.15) is 33.6 Å². The average Bonchev–Trinajstić information content (AvgIpc) is 3.26. The minimum Gasteiger partial charge on any atom is -0.390 e. The molecule has 1 saturated heterocycles. The average molecular weight is 410 g/mol. The van der Waals surface area contributed by atoms with Crippen molar-refractivity contribution >= 4 is 11.6 Å². The van der Waals surface area contributed by atoms with Crippen LogP contribution in [0, 0.1) is 6.92 Å². The van der Waals surface area contributed by atoms with Crippen molar-refractivity contribution in [3.8, 4) is 0 Å². The first-order chi connectivity index (χ1) is 14.6. The van der Waals surface area contributed by atoms with Crippen molar-refractivity contribution in [2.75, 3.05) is 38.0 Å². The molecule has 1 fully saturated rings. The van der Waals surface area contributed by atoms with Gasteiger partial charge in [-0.3, -0.25) is 14.7 Å². The zero-order valence-corrected chi connectivity index (χ0v) is 17.5. The number of amides is 1. The number of aliphatic hydroxyl groups is 1. The first-order valence-electron chi connectivity index (χ1n) is 10.8. The van der Waals surface area contributed by atoms with Crippen molar-refractivity contribution < 1.29 is 9.90 Å². The summed E-state index contributed by atoms with van der Waals surface area (Å²) in [4.78, 5) is 19.3. The van der Waals surface area contributed by atoms with E-state index in [1.165, 1.54) is 11.1 Å². The number of carbonyl (C=O) groups excluding carboxylic acids is 1. The molecule has 2 aromatic rings. The molecule has 7 heteroatoms. The first kappa shape index (κ1) is 20.8. The predicted molar refractivity (Wildman–Crippen MR) is 118 cm³/mol. The Hall–Kier alpha value is -2.48. The molecule has 0 saturated carbocycles. The van der Waals surface area contributed by atoms with Crippen LogP contribution in [0.4, 0.5) is 5.69 Å². The van der Waals surface area contributed by atoms with Gasteiger partial charge in [0.1, 0.15) is 0 Å². The maximum atomic E-state index is 12.7. The van der Waals surface area contributed by atoms with E-state index >= 15 is 0 Å². The minimum absolute atomic E-state index is 0.198. The summed E-state index contributed by atoms with van der Waals surface area (Å²) in [6.45, 7) is 6.29. The lowest BCUT2D eigenvalue weighted by atomic mass is 10.00. The molecule has 30 heavy (non-hydrogen) atoms. The fourth-order valence-electron chi connectivity index (χ4n) is 4.23. The number of β-amino-alcohol motifs (C(OH)–C–C–N with tert-alkyl or cyclic N) is 1. The van der Waals surface area contributed by atoms with Crippen LogP contribution in [0.5, 0.6) is 0 Å². The predicted octanol–water partition coefficient (Wildman–Crippen LogP) is 1.31. The van der Waals surface area contributed by atoms with Gasteiger partial charge in [0.05, 0.1) is 29.2 Å². The molecule has 2 atom stereocenters. The van der Waals surface area contributed by atoms with E-state index in [1.54, 1.807) is 6.20 Å². The van der Waals surface area contributed by atoms with Crippen LogP contribution in [0.3, 0.4) is 0 Å².